The summed E-state index contributed by atoms with van der Waals surface area (Å²) in [5.74, 6) is 0.630. The molecular formula is C15H20N2OS. The third kappa shape index (κ3) is 4.40. The van der Waals surface area contributed by atoms with Crippen LogP contribution >= 0.6 is 11.8 Å². The lowest BCUT2D eigenvalue weighted by atomic mass is 10.1. The van der Waals surface area contributed by atoms with Gasteiger partial charge in [-0.3, -0.25) is 0 Å². The second-order valence-corrected chi connectivity index (χ2v) is 6.34. The summed E-state index contributed by atoms with van der Waals surface area (Å²) >= 11 is 1.56. The molecule has 1 heterocycles. The van der Waals surface area contributed by atoms with Crippen LogP contribution in [0.3, 0.4) is 0 Å². The molecule has 1 aromatic heterocycles. The maximum absolute atomic E-state index is 9.73. The average Bonchev–Trinajstić information content (AvgIpc) is 2.68. The molecule has 0 unspecified atom stereocenters. The normalized spacial score (nSPS) is 11.8. The maximum Gasteiger partial charge on any atom is 0.165 e. The zero-order valence-electron chi connectivity index (χ0n) is 11.6. The second-order valence-electron chi connectivity index (χ2n) is 5.38. The Morgan fingerprint density at radius 1 is 1.26 bits per heavy atom. The van der Waals surface area contributed by atoms with Gasteiger partial charge in [0.25, 0.3) is 0 Å². The molecule has 0 aliphatic heterocycles. The number of imidazole rings is 1. The molecule has 0 radical (unpaired) electrons. The number of rotatable bonds is 5. The topological polar surface area (TPSA) is 48.9 Å². The standard InChI is InChI=1S/C15H20N2OS/c1-11-13(9-12-7-5-4-6-8-12)17-14(16-11)19-10-15(2,3)18/h4-8,18H,9-10H2,1-3H3,(H,16,17). The van der Waals surface area contributed by atoms with Crippen LogP contribution in [-0.2, 0) is 6.42 Å². The van der Waals surface area contributed by atoms with Gasteiger partial charge in [0.2, 0.25) is 0 Å². The minimum Gasteiger partial charge on any atom is -0.390 e. The monoisotopic (exact) mass is 276 g/mol. The average molecular weight is 276 g/mol. The Morgan fingerprint density at radius 2 is 1.95 bits per heavy atom. The van der Waals surface area contributed by atoms with Gasteiger partial charge < -0.3 is 10.1 Å². The number of H-pyrrole nitrogens is 1. The van der Waals surface area contributed by atoms with Gasteiger partial charge in [0, 0.05) is 17.9 Å². The third-order valence-corrected chi connectivity index (χ3v) is 4.06. The summed E-state index contributed by atoms with van der Waals surface area (Å²) in [5.41, 5.74) is 2.76. The molecule has 0 aliphatic carbocycles. The molecule has 0 saturated heterocycles. The number of aliphatic hydroxyl groups is 1. The van der Waals surface area contributed by atoms with Crippen LogP contribution < -0.4 is 0 Å². The quantitative estimate of drug-likeness (QED) is 0.825. The highest BCUT2D eigenvalue weighted by Gasteiger charge is 2.15. The van der Waals surface area contributed by atoms with E-state index < -0.39 is 5.60 Å². The van der Waals surface area contributed by atoms with Gasteiger partial charge in [0.1, 0.15) is 0 Å². The summed E-state index contributed by atoms with van der Waals surface area (Å²) in [6, 6.07) is 10.3. The number of nitrogens with zero attached hydrogens (tertiary/aromatic N) is 1. The van der Waals surface area contributed by atoms with Crippen molar-refractivity contribution in [2.45, 2.75) is 37.9 Å². The summed E-state index contributed by atoms with van der Waals surface area (Å²) in [6.45, 7) is 5.65. The predicted molar refractivity (Wildman–Crippen MR) is 79.6 cm³/mol. The number of thioether (sulfide) groups is 1. The minimum absolute atomic E-state index is 0.630. The number of aryl methyl sites for hydroxylation is 1. The summed E-state index contributed by atoms with van der Waals surface area (Å²) in [6.07, 6.45) is 0.840. The minimum atomic E-state index is -0.676. The van der Waals surface area contributed by atoms with Crippen LogP contribution in [0, 0.1) is 6.92 Å². The number of nitrogens with one attached hydrogen (secondary N) is 1. The van der Waals surface area contributed by atoms with Crippen LogP contribution in [0.5, 0.6) is 0 Å². The molecule has 2 aromatic rings. The summed E-state index contributed by atoms with van der Waals surface area (Å²) in [7, 11) is 0. The van der Waals surface area contributed by atoms with Gasteiger partial charge in [-0.15, -0.1) is 0 Å². The van der Waals surface area contributed by atoms with Gasteiger partial charge in [0.05, 0.1) is 11.3 Å². The highest BCUT2D eigenvalue weighted by molar-refractivity contribution is 7.99. The van der Waals surface area contributed by atoms with Gasteiger partial charge in [-0.2, -0.15) is 0 Å². The summed E-state index contributed by atoms with van der Waals surface area (Å²) in [5, 5.41) is 10.6. The van der Waals surface area contributed by atoms with E-state index in [1.54, 1.807) is 25.6 Å². The number of hydrogen-bond acceptors (Lipinski definition) is 3. The van der Waals surface area contributed by atoms with Crippen molar-refractivity contribution in [3.63, 3.8) is 0 Å². The van der Waals surface area contributed by atoms with Crippen LogP contribution in [0.1, 0.15) is 30.8 Å². The SMILES string of the molecule is Cc1[nH]c(SCC(C)(C)O)nc1Cc1ccccc1. The molecule has 0 saturated carbocycles. The number of aromatic amines is 1. The Bertz CT molecular complexity index is 529. The highest BCUT2D eigenvalue weighted by Crippen LogP contribution is 2.22. The number of aromatic nitrogens is 2. The van der Waals surface area contributed by atoms with Crippen molar-refractivity contribution in [1.82, 2.24) is 9.97 Å². The van der Waals surface area contributed by atoms with Crippen molar-refractivity contribution in [2.24, 2.45) is 0 Å². The van der Waals surface area contributed by atoms with E-state index in [9.17, 15) is 5.11 Å². The van der Waals surface area contributed by atoms with Crippen LogP contribution in [0.15, 0.2) is 35.5 Å². The number of benzene rings is 1. The van der Waals surface area contributed by atoms with Gasteiger partial charge in [0.15, 0.2) is 5.16 Å². The summed E-state index contributed by atoms with van der Waals surface area (Å²) in [4.78, 5) is 7.88. The van der Waals surface area contributed by atoms with Gasteiger partial charge in [-0.1, -0.05) is 42.1 Å². The molecule has 4 heteroatoms. The first-order valence-corrected chi connectivity index (χ1v) is 7.37. The van der Waals surface area contributed by atoms with Crippen molar-refractivity contribution in [3.8, 4) is 0 Å². The zero-order valence-corrected chi connectivity index (χ0v) is 12.4. The molecule has 3 nitrogen and oxygen atoms in total. The molecule has 0 bridgehead atoms. The zero-order chi connectivity index (χ0) is 13.9. The largest absolute Gasteiger partial charge is 0.390 e. The van der Waals surface area contributed by atoms with Crippen LogP contribution in [0.4, 0.5) is 0 Å². The molecule has 0 aliphatic rings. The first kappa shape index (κ1) is 14.2. The molecule has 1 aromatic carbocycles. The third-order valence-electron chi connectivity index (χ3n) is 2.74. The van der Waals surface area contributed by atoms with E-state index in [1.807, 2.05) is 25.1 Å². The lowest BCUT2D eigenvalue weighted by molar-refractivity contribution is 0.107. The molecular weight excluding hydrogens is 256 g/mol. The Balaban J connectivity index is 2.05. The van der Waals surface area contributed by atoms with Crippen molar-refractivity contribution < 1.29 is 5.11 Å². The lowest BCUT2D eigenvalue weighted by Crippen LogP contribution is -2.21. The van der Waals surface area contributed by atoms with Crippen LogP contribution in [0.25, 0.3) is 0 Å². The molecule has 0 fully saturated rings. The van der Waals surface area contributed by atoms with Crippen LogP contribution in [-0.4, -0.2) is 26.4 Å². The maximum atomic E-state index is 9.73. The molecule has 2 N–H and O–H groups in total. The van der Waals surface area contributed by atoms with Crippen LogP contribution in [0.2, 0.25) is 0 Å². The lowest BCUT2D eigenvalue weighted by Gasteiger charge is -2.14. The van der Waals surface area contributed by atoms with E-state index in [1.165, 1.54) is 5.56 Å². The Kier molecular flexibility index (Phi) is 4.32. The Hall–Kier alpha value is -1.26. The van der Waals surface area contributed by atoms with Gasteiger partial charge >= 0.3 is 0 Å². The molecule has 0 spiro atoms. The van der Waals surface area contributed by atoms with Crippen molar-refractivity contribution in [1.29, 1.82) is 0 Å². The van der Waals surface area contributed by atoms with E-state index >= 15 is 0 Å². The van der Waals surface area contributed by atoms with E-state index in [2.05, 4.69) is 22.1 Å². The molecule has 102 valence electrons. The van der Waals surface area contributed by atoms with E-state index in [0.29, 0.717) is 5.75 Å². The fourth-order valence-electron chi connectivity index (χ4n) is 1.74. The van der Waals surface area contributed by atoms with E-state index in [-0.39, 0.29) is 0 Å². The smallest absolute Gasteiger partial charge is 0.165 e. The van der Waals surface area contributed by atoms with Crippen molar-refractivity contribution >= 4 is 11.8 Å². The highest BCUT2D eigenvalue weighted by atomic mass is 32.2. The number of hydrogen-bond donors (Lipinski definition) is 2. The second kappa shape index (κ2) is 5.80. The van der Waals surface area contributed by atoms with Crippen molar-refractivity contribution in [3.05, 3.63) is 47.3 Å². The Morgan fingerprint density at radius 3 is 2.58 bits per heavy atom. The first-order chi connectivity index (χ1) is 8.94. The van der Waals surface area contributed by atoms with Gasteiger partial charge in [-0.25, -0.2) is 4.98 Å². The molecule has 0 atom stereocenters. The van der Waals surface area contributed by atoms with E-state index in [0.717, 1.165) is 23.0 Å². The predicted octanol–water partition coefficient (Wildman–Crippen LogP) is 3.17. The Labute approximate surface area is 118 Å². The fourth-order valence-corrected chi connectivity index (χ4v) is 2.63. The van der Waals surface area contributed by atoms with Gasteiger partial charge in [-0.05, 0) is 26.3 Å². The van der Waals surface area contributed by atoms with E-state index in [4.69, 9.17) is 0 Å². The van der Waals surface area contributed by atoms with Crippen molar-refractivity contribution in [2.75, 3.05) is 5.75 Å². The molecule has 0 amide bonds. The first-order valence-electron chi connectivity index (χ1n) is 6.38. The summed E-state index contributed by atoms with van der Waals surface area (Å²) < 4.78 is 0. The molecule has 19 heavy (non-hydrogen) atoms. The molecule has 2 rings (SSSR count). The fraction of sp³-hybridized carbons (Fsp3) is 0.400.